The van der Waals surface area contributed by atoms with Crippen molar-refractivity contribution in [2.75, 3.05) is 11.9 Å². The van der Waals surface area contributed by atoms with E-state index in [1.54, 1.807) is 29.1 Å². The number of aromatic nitrogens is 3. The Morgan fingerprint density at radius 1 is 1.00 bits per heavy atom. The van der Waals surface area contributed by atoms with Gasteiger partial charge < -0.3 is 10.1 Å². The number of hydrogen-bond acceptors (Lipinski definition) is 4. The van der Waals surface area contributed by atoms with E-state index in [-0.39, 0.29) is 12.5 Å². The van der Waals surface area contributed by atoms with Crippen LogP contribution in [0.25, 0.3) is 16.7 Å². The number of carbonyl (C=O) groups excluding carboxylic acids is 1. The van der Waals surface area contributed by atoms with Gasteiger partial charge in [0.25, 0.3) is 5.91 Å². The Morgan fingerprint density at radius 3 is 2.29 bits per heavy atom. The maximum atomic E-state index is 12.5. The Kier molecular flexibility index (Phi) is 7.39. The zero-order valence-corrected chi connectivity index (χ0v) is 20.9. The van der Waals surface area contributed by atoms with E-state index < -0.39 is 0 Å². The topological polar surface area (TPSA) is 69.0 Å². The number of aryl methyl sites for hydroxylation is 3. The molecule has 176 valence electrons. The van der Waals surface area contributed by atoms with Gasteiger partial charge in [-0.3, -0.25) is 4.79 Å². The van der Waals surface area contributed by atoms with E-state index in [0.717, 1.165) is 23.2 Å². The van der Waals surface area contributed by atoms with Gasteiger partial charge in [0, 0.05) is 5.02 Å². The summed E-state index contributed by atoms with van der Waals surface area (Å²) >= 11 is 12.6. The van der Waals surface area contributed by atoms with Gasteiger partial charge in [0.2, 0.25) is 0 Å². The summed E-state index contributed by atoms with van der Waals surface area (Å²) in [6.45, 7) is 5.81. The predicted molar refractivity (Wildman–Crippen MR) is 138 cm³/mol. The number of halogens is 2. The molecule has 0 aliphatic heterocycles. The second-order valence-corrected chi connectivity index (χ2v) is 9.07. The molecule has 1 N–H and O–H groups in total. The Bertz CT molecular complexity index is 1310. The lowest BCUT2D eigenvalue weighted by Crippen LogP contribution is -2.20. The first-order chi connectivity index (χ1) is 16.3. The van der Waals surface area contributed by atoms with Gasteiger partial charge in [-0.25, -0.2) is 0 Å². The Balaban J connectivity index is 1.46. The molecule has 0 bridgehead atoms. The Labute approximate surface area is 208 Å². The third-order valence-electron chi connectivity index (χ3n) is 5.51. The van der Waals surface area contributed by atoms with Gasteiger partial charge in [-0.1, -0.05) is 48.7 Å². The Hall–Kier alpha value is -3.09. The maximum Gasteiger partial charge on any atom is 0.262 e. The molecule has 0 atom stereocenters. The highest BCUT2D eigenvalue weighted by Crippen LogP contribution is 2.28. The molecule has 4 aromatic rings. The number of anilines is 1. The van der Waals surface area contributed by atoms with Crippen molar-refractivity contribution in [3.05, 3.63) is 75.3 Å². The van der Waals surface area contributed by atoms with Gasteiger partial charge in [-0.15, -0.1) is 10.2 Å². The fraction of sp³-hybridized carbons (Fsp3) is 0.269. The van der Waals surface area contributed by atoms with Crippen LogP contribution in [-0.4, -0.2) is 27.5 Å². The van der Waals surface area contributed by atoms with Crippen molar-refractivity contribution in [2.24, 2.45) is 0 Å². The Morgan fingerprint density at radius 2 is 1.65 bits per heavy atom. The lowest BCUT2D eigenvalue weighted by atomic mass is 10.1. The minimum Gasteiger partial charge on any atom is -0.484 e. The van der Waals surface area contributed by atoms with Gasteiger partial charge >= 0.3 is 0 Å². The van der Waals surface area contributed by atoms with Crippen molar-refractivity contribution in [3.63, 3.8) is 0 Å². The molecule has 0 radical (unpaired) electrons. The molecule has 0 saturated carbocycles. The van der Waals surface area contributed by atoms with Crippen LogP contribution in [-0.2, 0) is 11.2 Å². The van der Waals surface area contributed by atoms with E-state index in [9.17, 15) is 4.79 Å². The van der Waals surface area contributed by atoms with Gasteiger partial charge in [0.05, 0.1) is 16.4 Å². The van der Waals surface area contributed by atoms with Crippen molar-refractivity contribution < 1.29 is 9.53 Å². The van der Waals surface area contributed by atoms with E-state index in [0.29, 0.717) is 32.5 Å². The molecule has 0 unspecified atom stereocenters. The van der Waals surface area contributed by atoms with Crippen molar-refractivity contribution >= 4 is 45.8 Å². The number of hydrogen-bond donors (Lipinski definition) is 1. The molecule has 6 nitrogen and oxygen atoms in total. The van der Waals surface area contributed by atoms with Gasteiger partial charge in [0.1, 0.15) is 16.8 Å². The third kappa shape index (κ3) is 5.51. The van der Waals surface area contributed by atoms with Crippen molar-refractivity contribution in [1.82, 2.24) is 15.0 Å². The SMILES string of the molecule is CCCCc1ccc(-n2nc3cc(Cl)c(NC(=O)COc4cc(C)c(Cl)c(C)c4)cc3n2)cc1. The van der Waals surface area contributed by atoms with Gasteiger partial charge in [-0.05, 0) is 79.8 Å². The molecule has 0 saturated heterocycles. The molecule has 1 amide bonds. The zero-order chi connectivity index (χ0) is 24.2. The van der Waals surface area contributed by atoms with Crippen molar-refractivity contribution in [1.29, 1.82) is 0 Å². The van der Waals surface area contributed by atoms with E-state index >= 15 is 0 Å². The number of nitrogens with one attached hydrogen (secondary N) is 1. The fourth-order valence-corrected chi connectivity index (χ4v) is 3.97. The number of nitrogens with zero attached hydrogens (tertiary/aromatic N) is 3. The number of unbranched alkanes of at least 4 members (excludes halogenated alkanes) is 1. The summed E-state index contributed by atoms with van der Waals surface area (Å²) in [6, 6.07) is 15.2. The van der Waals surface area contributed by atoms with Crippen LogP contribution < -0.4 is 10.1 Å². The van der Waals surface area contributed by atoms with E-state index in [1.165, 1.54) is 18.4 Å². The van der Waals surface area contributed by atoms with Crippen LogP contribution in [0.15, 0.2) is 48.5 Å². The van der Waals surface area contributed by atoms with Crippen LogP contribution in [0.1, 0.15) is 36.5 Å². The molecule has 0 fully saturated rings. The highest BCUT2D eigenvalue weighted by Gasteiger charge is 2.13. The van der Waals surface area contributed by atoms with Crippen LogP contribution in [0, 0.1) is 13.8 Å². The smallest absolute Gasteiger partial charge is 0.262 e. The summed E-state index contributed by atoms with van der Waals surface area (Å²) in [5.41, 5.74) is 5.66. The summed E-state index contributed by atoms with van der Waals surface area (Å²) in [6.07, 6.45) is 3.39. The van der Waals surface area contributed by atoms with Crippen LogP contribution in [0.3, 0.4) is 0 Å². The molecule has 34 heavy (non-hydrogen) atoms. The number of carbonyl (C=O) groups is 1. The maximum absolute atomic E-state index is 12.5. The quantitative estimate of drug-likeness (QED) is 0.294. The molecule has 8 heteroatoms. The van der Waals surface area contributed by atoms with Crippen LogP contribution in [0.4, 0.5) is 5.69 Å². The summed E-state index contributed by atoms with van der Waals surface area (Å²) in [7, 11) is 0. The molecule has 0 aliphatic rings. The summed E-state index contributed by atoms with van der Waals surface area (Å²) < 4.78 is 5.63. The molecule has 4 rings (SSSR count). The second-order valence-electron chi connectivity index (χ2n) is 8.29. The number of fused-ring (bicyclic) bond motifs is 1. The standard InChI is InChI=1S/C26H26Cl2N4O2/c1-4-5-6-18-7-9-19(10-8-18)32-30-23-13-21(27)22(14-24(23)31-32)29-25(33)15-34-20-11-16(2)26(28)17(3)12-20/h7-14H,4-6,15H2,1-3H3,(H,29,33). The van der Waals surface area contributed by atoms with Crippen molar-refractivity contribution in [2.45, 2.75) is 40.0 Å². The predicted octanol–water partition coefficient (Wildman–Crippen LogP) is 6.70. The van der Waals surface area contributed by atoms with Crippen molar-refractivity contribution in [3.8, 4) is 11.4 Å². The monoisotopic (exact) mass is 496 g/mol. The third-order valence-corrected chi connectivity index (χ3v) is 6.42. The minimum absolute atomic E-state index is 0.161. The molecular formula is C26H26Cl2N4O2. The number of benzene rings is 3. The molecule has 0 aliphatic carbocycles. The molecule has 0 spiro atoms. The van der Waals surface area contributed by atoms with E-state index in [1.807, 2.05) is 26.0 Å². The normalized spacial score (nSPS) is 11.1. The fourth-order valence-electron chi connectivity index (χ4n) is 3.65. The molecule has 3 aromatic carbocycles. The van der Waals surface area contributed by atoms with Crippen LogP contribution in [0.2, 0.25) is 10.0 Å². The summed E-state index contributed by atoms with van der Waals surface area (Å²) in [5.74, 6) is 0.251. The molecule has 1 heterocycles. The van der Waals surface area contributed by atoms with Gasteiger partial charge in [-0.2, -0.15) is 4.80 Å². The van der Waals surface area contributed by atoms with Crippen LogP contribution >= 0.6 is 23.2 Å². The largest absolute Gasteiger partial charge is 0.484 e. The number of amides is 1. The van der Waals surface area contributed by atoms with E-state index in [4.69, 9.17) is 27.9 Å². The lowest BCUT2D eigenvalue weighted by molar-refractivity contribution is -0.118. The first kappa shape index (κ1) is 24.0. The van der Waals surface area contributed by atoms with Crippen LogP contribution in [0.5, 0.6) is 5.75 Å². The highest BCUT2D eigenvalue weighted by molar-refractivity contribution is 6.34. The van der Waals surface area contributed by atoms with E-state index in [2.05, 4.69) is 34.6 Å². The molecule has 1 aromatic heterocycles. The first-order valence-corrected chi connectivity index (χ1v) is 11.9. The average Bonchev–Trinajstić information content (AvgIpc) is 3.23. The minimum atomic E-state index is -0.332. The average molecular weight is 497 g/mol. The number of ether oxygens (including phenoxy) is 1. The molecular weight excluding hydrogens is 471 g/mol. The first-order valence-electron chi connectivity index (χ1n) is 11.2. The van der Waals surface area contributed by atoms with Gasteiger partial charge in [0.15, 0.2) is 6.61 Å². The number of rotatable bonds is 8. The zero-order valence-electron chi connectivity index (χ0n) is 19.4. The highest BCUT2D eigenvalue weighted by atomic mass is 35.5. The lowest BCUT2D eigenvalue weighted by Gasteiger charge is -2.11. The second kappa shape index (κ2) is 10.5. The summed E-state index contributed by atoms with van der Waals surface area (Å²) in [5, 5.41) is 12.9. The summed E-state index contributed by atoms with van der Waals surface area (Å²) in [4.78, 5) is 14.1.